The molecular weight excluding hydrogens is 288 g/mol. The molecule has 0 aromatic carbocycles. The minimum atomic E-state index is -0.437. The number of Topliss-reactive ketones (excluding diaryl/α,β-unsaturated/α-hetero) is 1. The van der Waals surface area contributed by atoms with Crippen LogP contribution in [-0.4, -0.2) is 28.2 Å². The van der Waals surface area contributed by atoms with Gasteiger partial charge in [0.25, 0.3) is 0 Å². The van der Waals surface area contributed by atoms with E-state index < -0.39 is 6.10 Å². The van der Waals surface area contributed by atoms with Crippen LogP contribution in [0.25, 0.3) is 0 Å². The number of hydrogen-bond donors (Lipinski definition) is 2. The molecule has 0 radical (unpaired) electrons. The zero-order valence-corrected chi connectivity index (χ0v) is 14.4. The van der Waals surface area contributed by atoms with Gasteiger partial charge in [0.2, 0.25) is 0 Å². The van der Waals surface area contributed by atoms with Gasteiger partial charge in [-0.3, -0.25) is 4.79 Å². The van der Waals surface area contributed by atoms with Crippen LogP contribution in [0.5, 0.6) is 0 Å². The van der Waals surface area contributed by atoms with Crippen LogP contribution in [0.15, 0.2) is 36.0 Å². The minimum Gasteiger partial charge on any atom is -0.393 e. The van der Waals surface area contributed by atoms with Gasteiger partial charge < -0.3 is 10.2 Å². The molecule has 3 heteroatoms. The molecule has 2 rings (SSSR count). The first-order valence-electron chi connectivity index (χ1n) is 8.78. The molecule has 128 valence electrons. The summed E-state index contributed by atoms with van der Waals surface area (Å²) in [4.78, 5) is 12.0. The number of fused-ring (bicyclic) bond motifs is 1. The number of ketones is 1. The van der Waals surface area contributed by atoms with Crippen LogP contribution in [0.4, 0.5) is 0 Å². The lowest BCUT2D eigenvalue weighted by Gasteiger charge is -2.16. The lowest BCUT2D eigenvalue weighted by Crippen LogP contribution is -2.16. The molecule has 23 heavy (non-hydrogen) atoms. The van der Waals surface area contributed by atoms with Gasteiger partial charge in [0.15, 0.2) is 5.78 Å². The topological polar surface area (TPSA) is 57.5 Å². The van der Waals surface area contributed by atoms with E-state index in [-0.39, 0.29) is 29.6 Å². The molecular formula is C20H30O3. The molecule has 0 bridgehead atoms. The Balaban J connectivity index is 1.78. The van der Waals surface area contributed by atoms with Crippen LogP contribution in [0.1, 0.15) is 52.4 Å². The first kappa shape index (κ1) is 18.2. The standard InChI is InChI=1S/C20H30O3/c1-13(2)7-4-5-8-15(21)9-6-10-16-17-11-14(3)20(23)18(17)12-19(16)22/h6-7,10,15-19,21-22H,3-5,8-9,11-12H2,1-2H3/t15?,16-,17-,18-,19+/m0/s1. The zero-order valence-electron chi connectivity index (χ0n) is 14.4. The van der Waals surface area contributed by atoms with Crippen molar-refractivity contribution in [2.45, 2.75) is 64.6 Å². The van der Waals surface area contributed by atoms with Crippen molar-refractivity contribution >= 4 is 5.78 Å². The van der Waals surface area contributed by atoms with Crippen molar-refractivity contribution < 1.29 is 15.0 Å². The number of aliphatic hydroxyl groups excluding tert-OH is 2. The highest BCUT2D eigenvalue weighted by Crippen LogP contribution is 2.48. The Kier molecular flexibility index (Phi) is 6.37. The van der Waals surface area contributed by atoms with Gasteiger partial charge in [-0.25, -0.2) is 0 Å². The van der Waals surface area contributed by atoms with Gasteiger partial charge in [-0.05, 0) is 63.9 Å². The third kappa shape index (κ3) is 4.65. The van der Waals surface area contributed by atoms with Gasteiger partial charge in [0, 0.05) is 11.8 Å². The number of aliphatic hydroxyl groups is 2. The molecule has 0 heterocycles. The van der Waals surface area contributed by atoms with E-state index >= 15 is 0 Å². The average Bonchev–Trinajstić information content (AvgIpc) is 2.93. The monoisotopic (exact) mass is 318 g/mol. The van der Waals surface area contributed by atoms with E-state index in [0.717, 1.165) is 19.3 Å². The normalized spacial score (nSPS) is 31.7. The maximum atomic E-state index is 12.0. The molecule has 2 fully saturated rings. The van der Waals surface area contributed by atoms with E-state index in [2.05, 4.69) is 26.5 Å². The van der Waals surface area contributed by atoms with Crippen molar-refractivity contribution in [2.75, 3.05) is 0 Å². The van der Waals surface area contributed by atoms with Gasteiger partial charge in [0.05, 0.1) is 12.2 Å². The summed E-state index contributed by atoms with van der Waals surface area (Å²) in [5.74, 6) is 0.336. The third-order valence-corrected chi connectivity index (χ3v) is 5.18. The molecule has 2 saturated carbocycles. The predicted molar refractivity (Wildman–Crippen MR) is 92.9 cm³/mol. The molecule has 2 aliphatic rings. The minimum absolute atomic E-state index is 0.0288. The van der Waals surface area contributed by atoms with Crippen molar-refractivity contribution in [1.29, 1.82) is 0 Å². The lowest BCUT2D eigenvalue weighted by atomic mass is 9.90. The second-order valence-electron chi connectivity index (χ2n) is 7.35. The van der Waals surface area contributed by atoms with Crippen LogP contribution in [0.3, 0.4) is 0 Å². The fourth-order valence-electron chi connectivity index (χ4n) is 3.90. The summed E-state index contributed by atoms with van der Waals surface area (Å²) in [5.41, 5.74) is 2.03. The Bertz CT molecular complexity index is 499. The fourth-order valence-corrected chi connectivity index (χ4v) is 3.90. The van der Waals surface area contributed by atoms with Crippen molar-refractivity contribution in [3.63, 3.8) is 0 Å². The molecule has 0 aliphatic heterocycles. The molecule has 0 spiro atoms. The average molecular weight is 318 g/mol. The molecule has 0 aromatic rings. The highest BCUT2D eigenvalue weighted by Gasteiger charge is 2.49. The van der Waals surface area contributed by atoms with E-state index in [1.807, 2.05) is 12.2 Å². The molecule has 5 atom stereocenters. The second kappa shape index (κ2) is 8.07. The molecule has 0 amide bonds. The van der Waals surface area contributed by atoms with Crippen molar-refractivity contribution in [3.05, 3.63) is 36.0 Å². The van der Waals surface area contributed by atoms with Crippen LogP contribution in [0, 0.1) is 17.8 Å². The van der Waals surface area contributed by atoms with E-state index in [4.69, 9.17) is 0 Å². The molecule has 0 aromatic heterocycles. The van der Waals surface area contributed by atoms with Crippen molar-refractivity contribution in [2.24, 2.45) is 17.8 Å². The van der Waals surface area contributed by atoms with Crippen LogP contribution in [-0.2, 0) is 4.79 Å². The Morgan fingerprint density at radius 2 is 2.17 bits per heavy atom. The molecule has 2 aliphatic carbocycles. The summed E-state index contributed by atoms with van der Waals surface area (Å²) < 4.78 is 0. The van der Waals surface area contributed by atoms with E-state index in [1.165, 1.54) is 5.57 Å². The Morgan fingerprint density at radius 1 is 1.43 bits per heavy atom. The summed E-state index contributed by atoms with van der Waals surface area (Å²) in [6, 6.07) is 0. The number of carbonyl (C=O) groups excluding carboxylic acids is 1. The number of allylic oxidation sites excluding steroid dienone is 3. The quantitative estimate of drug-likeness (QED) is 0.428. The van der Waals surface area contributed by atoms with Crippen LogP contribution < -0.4 is 0 Å². The first-order chi connectivity index (χ1) is 10.9. The molecule has 2 N–H and O–H groups in total. The third-order valence-electron chi connectivity index (χ3n) is 5.18. The maximum absolute atomic E-state index is 12.0. The second-order valence-corrected chi connectivity index (χ2v) is 7.35. The van der Waals surface area contributed by atoms with E-state index in [1.54, 1.807) is 0 Å². The Hall–Kier alpha value is -1.19. The van der Waals surface area contributed by atoms with Crippen molar-refractivity contribution in [3.8, 4) is 0 Å². The summed E-state index contributed by atoms with van der Waals surface area (Å²) in [6.45, 7) is 8.01. The summed E-state index contributed by atoms with van der Waals surface area (Å²) in [7, 11) is 0. The smallest absolute Gasteiger partial charge is 0.161 e. The molecule has 0 saturated heterocycles. The fraction of sp³-hybridized carbons (Fsp3) is 0.650. The summed E-state index contributed by atoms with van der Waals surface area (Å²) in [6.07, 6.45) is 10.1. The van der Waals surface area contributed by atoms with E-state index in [0.29, 0.717) is 24.8 Å². The predicted octanol–water partition coefficient (Wildman–Crippen LogP) is 3.57. The Morgan fingerprint density at radius 3 is 2.87 bits per heavy atom. The maximum Gasteiger partial charge on any atom is 0.161 e. The summed E-state index contributed by atoms with van der Waals surface area (Å²) in [5, 5.41) is 20.2. The molecule has 1 unspecified atom stereocenters. The highest BCUT2D eigenvalue weighted by atomic mass is 16.3. The summed E-state index contributed by atoms with van der Waals surface area (Å²) >= 11 is 0. The van der Waals surface area contributed by atoms with Gasteiger partial charge in [0.1, 0.15) is 0 Å². The van der Waals surface area contributed by atoms with Gasteiger partial charge >= 0.3 is 0 Å². The SMILES string of the molecule is C=C1C[C@H]2[C@H](C=CCC(O)CCCC=C(C)C)[C@H](O)C[C@@H]2C1=O. The highest BCUT2D eigenvalue weighted by molar-refractivity contribution is 5.99. The zero-order chi connectivity index (χ0) is 17.0. The van der Waals surface area contributed by atoms with Gasteiger partial charge in [-0.1, -0.05) is 30.4 Å². The van der Waals surface area contributed by atoms with Gasteiger partial charge in [-0.15, -0.1) is 0 Å². The number of unbranched alkanes of at least 4 members (excludes halogenated alkanes) is 1. The molecule has 3 nitrogen and oxygen atoms in total. The van der Waals surface area contributed by atoms with Crippen LogP contribution >= 0.6 is 0 Å². The first-order valence-corrected chi connectivity index (χ1v) is 8.78. The van der Waals surface area contributed by atoms with Crippen LogP contribution in [0.2, 0.25) is 0 Å². The van der Waals surface area contributed by atoms with Crippen molar-refractivity contribution in [1.82, 2.24) is 0 Å². The van der Waals surface area contributed by atoms with Gasteiger partial charge in [-0.2, -0.15) is 0 Å². The number of hydrogen-bond acceptors (Lipinski definition) is 3. The lowest BCUT2D eigenvalue weighted by molar-refractivity contribution is -0.118. The number of rotatable bonds is 7. The van der Waals surface area contributed by atoms with E-state index in [9.17, 15) is 15.0 Å². The Labute approximate surface area is 139 Å². The largest absolute Gasteiger partial charge is 0.393 e. The number of carbonyl (C=O) groups is 1.